The first kappa shape index (κ1) is 24.8. The van der Waals surface area contributed by atoms with Crippen LogP contribution in [0.15, 0.2) is 83.8 Å². The Hall–Kier alpha value is -3.85. The zero-order chi connectivity index (χ0) is 24.7. The Morgan fingerprint density at radius 3 is 2.29 bits per heavy atom. The van der Waals surface area contributed by atoms with Crippen molar-refractivity contribution < 1.29 is 27.5 Å². The molecule has 34 heavy (non-hydrogen) atoms. The Morgan fingerprint density at radius 2 is 1.65 bits per heavy atom. The Bertz CT molecular complexity index is 1240. The first-order valence-electron chi connectivity index (χ1n) is 10.5. The molecule has 3 aromatic rings. The number of nitrogens with one attached hydrogen (secondary N) is 1. The van der Waals surface area contributed by atoms with E-state index in [1.165, 1.54) is 38.4 Å². The van der Waals surface area contributed by atoms with Gasteiger partial charge in [0.1, 0.15) is 5.75 Å². The van der Waals surface area contributed by atoms with E-state index in [2.05, 4.69) is 5.32 Å². The number of ether oxygens (including phenoxy) is 2. The smallest absolute Gasteiger partial charge is 0.338 e. The first-order valence-corrected chi connectivity index (χ1v) is 11.9. The third-order valence-electron chi connectivity index (χ3n) is 5.18. The number of methoxy groups -OCH3 is 1. The number of sulfonamides is 1. The average molecular weight is 483 g/mol. The van der Waals surface area contributed by atoms with Crippen LogP contribution in [0.4, 0.5) is 5.69 Å². The van der Waals surface area contributed by atoms with Crippen LogP contribution in [0.1, 0.15) is 28.9 Å². The van der Waals surface area contributed by atoms with Gasteiger partial charge in [0.25, 0.3) is 15.9 Å². The van der Waals surface area contributed by atoms with Gasteiger partial charge in [0.2, 0.25) is 0 Å². The summed E-state index contributed by atoms with van der Waals surface area (Å²) in [7, 11) is -1.00. The van der Waals surface area contributed by atoms with E-state index in [4.69, 9.17) is 9.47 Å². The van der Waals surface area contributed by atoms with E-state index in [0.29, 0.717) is 11.4 Å². The van der Waals surface area contributed by atoms with Crippen molar-refractivity contribution in [2.45, 2.75) is 17.9 Å². The second-order valence-corrected chi connectivity index (χ2v) is 9.44. The van der Waals surface area contributed by atoms with Crippen LogP contribution in [0.3, 0.4) is 0 Å². The highest BCUT2D eigenvalue weighted by Gasteiger charge is 2.23. The summed E-state index contributed by atoms with van der Waals surface area (Å²) in [6.45, 7) is 1.33. The summed E-state index contributed by atoms with van der Waals surface area (Å²) >= 11 is 0. The fourth-order valence-corrected chi connectivity index (χ4v) is 4.44. The van der Waals surface area contributed by atoms with Crippen molar-refractivity contribution in [3.05, 3.63) is 90.0 Å². The van der Waals surface area contributed by atoms with E-state index < -0.39 is 28.5 Å². The SMILES string of the molecule is COc1ccc(N(C)S(=O)(=O)c2cccc(C(=O)OCC(=O)N[C@@H](C)c3ccccc3)c2)cc1. The van der Waals surface area contributed by atoms with Crippen LogP contribution in [0.25, 0.3) is 0 Å². The van der Waals surface area contributed by atoms with Crippen LogP contribution in [0.2, 0.25) is 0 Å². The molecule has 0 spiro atoms. The molecule has 1 amide bonds. The fourth-order valence-electron chi connectivity index (χ4n) is 3.20. The summed E-state index contributed by atoms with van der Waals surface area (Å²) in [6, 6.07) is 21.1. The predicted molar refractivity (Wildman–Crippen MR) is 128 cm³/mol. The van der Waals surface area contributed by atoms with Gasteiger partial charge in [-0.25, -0.2) is 13.2 Å². The maximum absolute atomic E-state index is 13.1. The lowest BCUT2D eigenvalue weighted by atomic mass is 10.1. The summed E-state index contributed by atoms with van der Waals surface area (Å²) in [5.74, 6) is -0.666. The third kappa shape index (κ3) is 5.93. The monoisotopic (exact) mass is 482 g/mol. The van der Waals surface area contributed by atoms with Gasteiger partial charge in [-0.3, -0.25) is 9.10 Å². The quantitative estimate of drug-likeness (QED) is 0.468. The zero-order valence-electron chi connectivity index (χ0n) is 19.1. The fraction of sp³-hybridized carbons (Fsp3) is 0.200. The van der Waals surface area contributed by atoms with Crippen molar-refractivity contribution in [3.63, 3.8) is 0 Å². The Balaban J connectivity index is 1.65. The molecule has 0 bridgehead atoms. The lowest BCUT2D eigenvalue weighted by molar-refractivity contribution is -0.124. The van der Waals surface area contributed by atoms with Crippen LogP contribution in [-0.4, -0.2) is 41.1 Å². The number of esters is 1. The summed E-state index contributed by atoms with van der Waals surface area (Å²) in [5, 5.41) is 2.75. The maximum Gasteiger partial charge on any atom is 0.338 e. The van der Waals surface area contributed by atoms with Crippen molar-refractivity contribution >= 4 is 27.6 Å². The summed E-state index contributed by atoms with van der Waals surface area (Å²) in [4.78, 5) is 24.6. The molecule has 0 heterocycles. The van der Waals surface area contributed by atoms with Gasteiger partial charge < -0.3 is 14.8 Å². The number of rotatable bonds is 9. The Morgan fingerprint density at radius 1 is 0.971 bits per heavy atom. The minimum atomic E-state index is -3.94. The lowest BCUT2D eigenvalue weighted by Crippen LogP contribution is -2.31. The minimum absolute atomic E-state index is 0.0214. The number of hydrogen-bond acceptors (Lipinski definition) is 6. The second-order valence-electron chi connectivity index (χ2n) is 7.47. The Labute approximate surface area is 199 Å². The standard InChI is InChI=1S/C25H26N2O6S/c1-18(19-8-5-4-6-9-19)26-24(28)17-33-25(29)20-10-7-11-23(16-20)34(30,31)27(2)21-12-14-22(32-3)15-13-21/h4-16,18H,17H2,1-3H3,(H,26,28)/t18-/m0/s1. The molecule has 0 aromatic heterocycles. The highest BCUT2D eigenvalue weighted by Crippen LogP contribution is 2.25. The van der Waals surface area contributed by atoms with E-state index in [9.17, 15) is 18.0 Å². The molecule has 0 aliphatic carbocycles. The van der Waals surface area contributed by atoms with Crippen molar-refractivity contribution in [3.8, 4) is 5.75 Å². The number of carbonyl (C=O) groups is 2. The summed E-state index contributed by atoms with van der Waals surface area (Å²) in [6.07, 6.45) is 0. The lowest BCUT2D eigenvalue weighted by Gasteiger charge is -2.20. The molecule has 0 aliphatic heterocycles. The van der Waals surface area contributed by atoms with E-state index in [1.54, 1.807) is 24.3 Å². The number of anilines is 1. The summed E-state index contributed by atoms with van der Waals surface area (Å²) in [5.41, 5.74) is 1.37. The minimum Gasteiger partial charge on any atom is -0.497 e. The molecular weight excluding hydrogens is 456 g/mol. The molecule has 1 atom stereocenters. The molecule has 0 aliphatic rings. The molecular formula is C25H26N2O6S. The molecule has 178 valence electrons. The van der Waals surface area contributed by atoms with Gasteiger partial charge in [0.15, 0.2) is 6.61 Å². The largest absolute Gasteiger partial charge is 0.497 e. The number of carbonyl (C=O) groups excluding carboxylic acids is 2. The summed E-state index contributed by atoms with van der Waals surface area (Å²) < 4.78 is 37.4. The normalized spacial score (nSPS) is 11.9. The van der Waals surface area contributed by atoms with Gasteiger partial charge in [-0.2, -0.15) is 0 Å². The number of amides is 1. The van der Waals surface area contributed by atoms with Crippen molar-refractivity contribution in [2.75, 3.05) is 25.1 Å². The maximum atomic E-state index is 13.1. The molecule has 1 N–H and O–H groups in total. The van der Waals surface area contributed by atoms with Crippen LogP contribution < -0.4 is 14.4 Å². The molecule has 8 nitrogen and oxygen atoms in total. The average Bonchev–Trinajstić information content (AvgIpc) is 2.87. The van der Waals surface area contributed by atoms with Crippen LogP contribution in [0.5, 0.6) is 5.75 Å². The van der Waals surface area contributed by atoms with Crippen LogP contribution in [0, 0.1) is 0 Å². The number of nitrogens with zero attached hydrogens (tertiary/aromatic N) is 1. The predicted octanol–water partition coefficient (Wildman–Crippen LogP) is 3.55. The van der Waals surface area contributed by atoms with Crippen LogP contribution in [-0.2, 0) is 19.6 Å². The molecule has 3 aromatic carbocycles. The van der Waals surface area contributed by atoms with Gasteiger partial charge in [-0.1, -0.05) is 36.4 Å². The number of benzene rings is 3. The van der Waals surface area contributed by atoms with E-state index in [0.717, 1.165) is 9.87 Å². The Kier molecular flexibility index (Phi) is 7.91. The molecule has 9 heteroatoms. The van der Waals surface area contributed by atoms with Crippen LogP contribution >= 0.6 is 0 Å². The highest BCUT2D eigenvalue weighted by molar-refractivity contribution is 7.92. The molecule has 0 unspecified atom stereocenters. The van der Waals surface area contributed by atoms with Gasteiger partial charge >= 0.3 is 5.97 Å². The van der Waals surface area contributed by atoms with E-state index in [-0.39, 0.29) is 16.5 Å². The third-order valence-corrected chi connectivity index (χ3v) is 6.96. The van der Waals surface area contributed by atoms with E-state index in [1.807, 2.05) is 37.3 Å². The van der Waals surface area contributed by atoms with Crippen molar-refractivity contribution in [2.24, 2.45) is 0 Å². The van der Waals surface area contributed by atoms with Gasteiger partial charge in [-0.05, 0) is 55.0 Å². The zero-order valence-corrected chi connectivity index (χ0v) is 19.9. The first-order chi connectivity index (χ1) is 16.2. The van der Waals surface area contributed by atoms with E-state index >= 15 is 0 Å². The van der Waals surface area contributed by atoms with Gasteiger partial charge in [-0.15, -0.1) is 0 Å². The van der Waals surface area contributed by atoms with Gasteiger partial charge in [0, 0.05) is 7.05 Å². The second kappa shape index (κ2) is 10.8. The number of hydrogen-bond donors (Lipinski definition) is 1. The molecule has 0 fully saturated rings. The van der Waals surface area contributed by atoms with Crippen molar-refractivity contribution in [1.82, 2.24) is 5.32 Å². The van der Waals surface area contributed by atoms with Gasteiger partial charge in [0.05, 0.1) is 29.3 Å². The van der Waals surface area contributed by atoms with Crippen molar-refractivity contribution in [1.29, 1.82) is 0 Å². The molecule has 0 saturated heterocycles. The molecule has 0 radical (unpaired) electrons. The molecule has 3 rings (SSSR count). The highest BCUT2D eigenvalue weighted by atomic mass is 32.2. The molecule has 0 saturated carbocycles. The topological polar surface area (TPSA) is 102 Å².